The molecule has 0 bridgehead atoms. The molecule has 3 aromatic carbocycles. The predicted molar refractivity (Wildman–Crippen MR) is 138 cm³/mol. The number of benzene rings is 3. The van der Waals surface area contributed by atoms with Crippen molar-refractivity contribution in [2.75, 3.05) is 18.4 Å². The van der Waals surface area contributed by atoms with Gasteiger partial charge in [-0.3, -0.25) is 4.79 Å². The van der Waals surface area contributed by atoms with Gasteiger partial charge in [0.15, 0.2) is 0 Å². The lowest BCUT2D eigenvalue weighted by Crippen LogP contribution is -2.48. The molecule has 1 aliphatic heterocycles. The van der Waals surface area contributed by atoms with Crippen LogP contribution in [0.4, 0.5) is 5.69 Å². The molecule has 1 fully saturated rings. The Balaban J connectivity index is 1.37. The van der Waals surface area contributed by atoms with Crippen LogP contribution in [-0.2, 0) is 21.3 Å². The molecule has 0 saturated carbocycles. The van der Waals surface area contributed by atoms with Crippen LogP contribution in [0.15, 0.2) is 71.6 Å². The van der Waals surface area contributed by atoms with E-state index in [0.717, 1.165) is 28.4 Å². The lowest BCUT2D eigenvalue weighted by Gasteiger charge is -2.34. The second-order valence-corrected chi connectivity index (χ2v) is 11.0. The number of aryl methyl sites for hydroxylation is 1. The smallest absolute Gasteiger partial charge is 0.255 e. The molecule has 1 amide bonds. The van der Waals surface area contributed by atoms with Gasteiger partial charge < -0.3 is 14.6 Å². The van der Waals surface area contributed by atoms with Crippen molar-refractivity contribution in [3.05, 3.63) is 72.3 Å². The summed E-state index contributed by atoms with van der Waals surface area (Å²) in [6.07, 6.45) is -0.329. The summed E-state index contributed by atoms with van der Waals surface area (Å²) < 4.78 is 35.5. The van der Waals surface area contributed by atoms with Gasteiger partial charge in [-0.25, -0.2) is 8.42 Å². The van der Waals surface area contributed by atoms with Crippen LogP contribution in [0.5, 0.6) is 0 Å². The molecule has 4 aromatic rings. The Morgan fingerprint density at radius 1 is 0.943 bits per heavy atom. The zero-order chi connectivity index (χ0) is 24.7. The maximum Gasteiger partial charge on any atom is 0.255 e. The van der Waals surface area contributed by atoms with Gasteiger partial charge in [0.1, 0.15) is 0 Å². The molecule has 2 atom stereocenters. The van der Waals surface area contributed by atoms with Gasteiger partial charge >= 0.3 is 0 Å². The highest BCUT2D eigenvalue weighted by Gasteiger charge is 2.32. The molecular weight excluding hydrogens is 462 g/mol. The first kappa shape index (κ1) is 23.5. The highest BCUT2D eigenvalue weighted by Crippen LogP contribution is 2.31. The van der Waals surface area contributed by atoms with Gasteiger partial charge in [-0.15, -0.1) is 0 Å². The molecule has 8 heteroatoms. The number of rotatable bonds is 5. The Morgan fingerprint density at radius 3 is 2.29 bits per heavy atom. The number of morpholine rings is 1. The van der Waals surface area contributed by atoms with Crippen LogP contribution in [0, 0.1) is 0 Å². The minimum Gasteiger partial charge on any atom is -0.373 e. The first-order valence-corrected chi connectivity index (χ1v) is 13.3. The molecule has 0 radical (unpaired) electrons. The minimum absolute atomic E-state index is 0.165. The van der Waals surface area contributed by atoms with E-state index in [-0.39, 0.29) is 23.0 Å². The van der Waals surface area contributed by atoms with Gasteiger partial charge in [-0.2, -0.15) is 4.31 Å². The molecule has 2 unspecified atom stereocenters. The van der Waals surface area contributed by atoms with Gasteiger partial charge in [0.05, 0.1) is 17.1 Å². The number of aromatic nitrogens is 1. The van der Waals surface area contributed by atoms with Crippen molar-refractivity contribution < 1.29 is 17.9 Å². The van der Waals surface area contributed by atoms with Crippen molar-refractivity contribution in [3.8, 4) is 0 Å². The third-order valence-electron chi connectivity index (χ3n) is 6.49. The summed E-state index contributed by atoms with van der Waals surface area (Å²) in [5.41, 5.74) is 3.36. The SMILES string of the molecule is CCn1c2ccccc2c2cc(NC(=O)c3ccc(S(=O)(=O)N4CC(C)OC(C)C4)cc3)ccc21. The lowest BCUT2D eigenvalue weighted by atomic mass is 10.1. The van der Waals surface area contributed by atoms with Gasteiger partial charge in [0.2, 0.25) is 10.0 Å². The second kappa shape index (κ2) is 9.11. The lowest BCUT2D eigenvalue weighted by molar-refractivity contribution is -0.0440. The number of hydrogen-bond acceptors (Lipinski definition) is 4. The molecule has 1 aromatic heterocycles. The highest BCUT2D eigenvalue weighted by molar-refractivity contribution is 7.89. The van der Waals surface area contributed by atoms with Crippen LogP contribution in [0.3, 0.4) is 0 Å². The molecule has 1 saturated heterocycles. The van der Waals surface area contributed by atoms with Gasteiger partial charge in [0.25, 0.3) is 5.91 Å². The van der Waals surface area contributed by atoms with E-state index in [1.165, 1.54) is 16.4 Å². The van der Waals surface area contributed by atoms with Crippen LogP contribution in [0.2, 0.25) is 0 Å². The fraction of sp³-hybridized carbons (Fsp3) is 0.296. The fourth-order valence-electron chi connectivity index (χ4n) is 4.93. The van der Waals surface area contributed by atoms with Gasteiger partial charge in [-0.1, -0.05) is 18.2 Å². The van der Waals surface area contributed by atoms with Crippen molar-refractivity contribution in [2.24, 2.45) is 0 Å². The zero-order valence-corrected chi connectivity index (χ0v) is 20.9. The summed E-state index contributed by atoms with van der Waals surface area (Å²) >= 11 is 0. The average molecular weight is 492 g/mol. The number of nitrogens with zero attached hydrogens (tertiary/aromatic N) is 2. The van der Waals surface area contributed by atoms with Crippen molar-refractivity contribution in [1.29, 1.82) is 0 Å². The number of hydrogen-bond donors (Lipinski definition) is 1. The third kappa shape index (κ3) is 4.33. The minimum atomic E-state index is -3.66. The second-order valence-electron chi connectivity index (χ2n) is 9.05. The fourth-order valence-corrected chi connectivity index (χ4v) is 6.52. The molecule has 182 valence electrons. The van der Waals surface area contributed by atoms with Gasteiger partial charge in [-0.05, 0) is 69.3 Å². The van der Waals surface area contributed by atoms with Gasteiger partial charge in [0, 0.05) is 52.7 Å². The Kier molecular flexibility index (Phi) is 6.13. The number of fused-ring (bicyclic) bond motifs is 3. The summed E-state index contributed by atoms with van der Waals surface area (Å²) in [4.78, 5) is 13.1. The number of ether oxygens (including phenoxy) is 1. The Morgan fingerprint density at radius 2 is 1.60 bits per heavy atom. The summed E-state index contributed by atoms with van der Waals surface area (Å²) in [5.74, 6) is -0.291. The average Bonchev–Trinajstić information content (AvgIpc) is 3.16. The van der Waals surface area contributed by atoms with Crippen molar-refractivity contribution >= 4 is 43.4 Å². The van der Waals surface area contributed by atoms with Crippen molar-refractivity contribution in [1.82, 2.24) is 8.87 Å². The summed E-state index contributed by atoms with van der Waals surface area (Å²) in [5, 5.41) is 5.17. The predicted octanol–water partition coefficient (Wildman–Crippen LogP) is 4.86. The third-order valence-corrected chi connectivity index (χ3v) is 8.33. The molecule has 35 heavy (non-hydrogen) atoms. The summed E-state index contributed by atoms with van der Waals surface area (Å²) in [6.45, 7) is 7.32. The van der Waals surface area contributed by atoms with E-state index in [2.05, 4.69) is 28.9 Å². The Hall–Kier alpha value is -3.20. The molecular formula is C27H29N3O4S. The summed E-state index contributed by atoms with van der Waals surface area (Å²) in [6, 6.07) is 20.2. The topological polar surface area (TPSA) is 80.6 Å². The zero-order valence-electron chi connectivity index (χ0n) is 20.1. The Bertz CT molecular complexity index is 1500. The highest BCUT2D eigenvalue weighted by atomic mass is 32.2. The normalized spacial score (nSPS) is 19.3. The molecule has 1 N–H and O–H groups in total. The maximum absolute atomic E-state index is 13.1. The monoisotopic (exact) mass is 491 g/mol. The van der Waals surface area contributed by atoms with Crippen LogP contribution in [-0.4, -0.2) is 48.5 Å². The van der Waals surface area contributed by atoms with E-state index in [0.29, 0.717) is 24.3 Å². The number of para-hydroxylation sites is 1. The van der Waals surface area contributed by atoms with E-state index in [1.54, 1.807) is 12.1 Å². The van der Waals surface area contributed by atoms with Crippen LogP contribution >= 0.6 is 0 Å². The van der Waals surface area contributed by atoms with Crippen molar-refractivity contribution in [2.45, 2.75) is 44.4 Å². The number of nitrogens with one attached hydrogen (secondary N) is 1. The van der Waals surface area contributed by atoms with E-state index >= 15 is 0 Å². The molecule has 7 nitrogen and oxygen atoms in total. The first-order chi connectivity index (χ1) is 16.8. The first-order valence-electron chi connectivity index (χ1n) is 11.9. The van der Waals surface area contributed by atoms with Crippen molar-refractivity contribution in [3.63, 3.8) is 0 Å². The molecule has 0 aliphatic carbocycles. The molecule has 2 heterocycles. The largest absolute Gasteiger partial charge is 0.373 e. The number of carbonyl (C=O) groups excluding carboxylic acids is 1. The molecule has 5 rings (SSSR count). The molecule has 1 aliphatic rings. The van der Waals surface area contributed by atoms with Crippen LogP contribution in [0.25, 0.3) is 21.8 Å². The number of sulfonamides is 1. The van der Waals surface area contributed by atoms with E-state index in [9.17, 15) is 13.2 Å². The standard InChI is InChI=1S/C27H29N3O4S/c1-4-30-25-8-6-5-7-23(25)24-15-21(11-14-26(24)30)28-27(31)20-9-12-22(13-10-20)35(32,33)29-16-18(2)34-19(3)17-29/h5-15,18-19H,4,16-17H2,1-3H3,(H,28,31). The van der Waals surface area contributed by atoms with E-state index < -0.39 is 10.0 Å². The van der Waals surface area contributed by atoms with E-state index in [4.69, 9.17) is 4.74 Å². The number of carbonyl (C=O) groups is 1. The van der Waals surface area contributed by atoms with E-state index in [1.807, 2.05) is 44.2 Å². The summed E-state index contributed by atoms with van der Waals surface area (Å²) in [7, 11) is -3.66. The quantitative estimate of drug-likeness (QED) is 0.432. The van der Waals surface area contributed by atoms with Crippen LogP contribution < -0.4 is 5.32 Å². The number of amides is 1. The Labute approximate surface area is 205 Å². The van der Waals surface area contributed by atoms with Crippen LogP contribution in [0.1, 0.15) is 31.1 Å². The molecule has 0 spiro atoms. The maximum atomic E-state index is 13.1. The number of anilines is 1.